The summed E-state index contributed by atoms with van der Waals surface area (Å²) in [6, 6.07) is 12.5. The van der Waals surface area contributed by atoms with Gasteiger partial charge in [0.2, 0.25) is 0 Å². The number of phenolic OH excluding ortho intramolecular Hbond substituents is 1. The number of rotatable bonds is 4. The minimum absolute atomic E-state index is 0.0183. The lowest BCUT2D eigenvalue weighted by atomic mass is 10.1. The molecule has 1 fully saturated rings. The first-order chi connectivity index (χ1) is 12.0. The number of benzene rings is 2. The number of hydrogen-bond donors (Lipinski definition) is 1. The molecule has 2 amide bonds. The summed E-state index contributed by atoms with van der Waals surface area (Å²) in [6.45, 7) is 2.21. The number of nitrogens with zero attached hydrogens (tertiary/aromatic N) is 1. The maximum absolute atomic E-state index is 12.5. The van der Waals surface area contributed by atoms with Crippen LogP contribution in [0, 0.1) is 6.92 Å². The molecule has 2 aromatic rings. The molecule has 1 N–H and O–H groups in total. The Morgan fingerprint density at radius 3 is 2.68 bits per heavy atom. The second-order valence-corrected chi connectivity index (χ2v) is 6.68. The second-order valence-electron chi connectivity index (χ2n) is 5.69. The molecule has 1 heterocycles. The van der Waals surface area contributed by atoms with E-state index < -0.39 is 0 Å². The molecule has 6 heteroatoms. The number of imide groups is 1. The topological polar surface area (TPSA) is 66.8 Å². The Hall–Kier alpha value is -2.73. The highest BCUT2D eigenvalue weighted by Gasteiger charge is 2.35. The zero-order valence-electron chi connectivity index (χ0n) is 13.9. The Labute approximate surface area is 149 Å². The molecule has 0 spiro atoms. The van der Waals surface area contributed by atoms with Crippen LogP contribution in [0.15, 0.2) is 47.4 Å². The van der Waals surface area contributed by atoms with E-state index in [1.807, 2.05) is 31.2 Å². The van der Waals surface area contributed by atoms with Gasteiger partial charge in [0.25, 0.3) is 11.1 Å². The van der Waals surface area contributed by atoms with Gasteiger partial charge in [-0.25, -0.2) is 0 Å². The van der Waals surface area contributed by atoms with Crippen molar-refractivity contribution in [2.75, 3.05) is 7.11 Å². The predicted molar refractivity (Wildman–Crippen MR) is 97.4 cm³/mol. The maximum Gasteiger partial charge on any atom is 0.293 e. The van der Waals surface area contributed by atoms with Crippen molar-refractivity contribution in [3.63, 3.8) is 0 Å². The van der Waals surface area contributed by atoms with Gasteiger partial charge in [-0.3, -0.25) is 14.5 Å². The second kappa shape index (κ2) is 7.03. The quantitative estimate of drug-likeness (QED) is 0.841. The van der Waals surface area contributed by atoms with E-state index >= 15 is 0 Å². The van der Waals surface area contributed by atoms with Crippen molar-refractivity contribution in [1.29, 1.82) is 0 Å². The van der Waals surface area contributed by atoms with Crippen molar-refractivity contribution in [2.45, 2.75) is 13.5 Å². The van der Waals surface area contributed by atoms with E-state index in [4.69, 9.17) is 4.74 Å². The number of carbonyl (C=O) groups is 2. The first-order valence-corrected chi connectivity index (χ1v) is 8.47. The van der Waals surface area contributed by atoms with Crippen LogP contribution >= 0.6 is 11.8 Å². The lowest BCUT2D eigenvalue weighted by Gasteiger charge is -2.12. The fourth-order valence-corrected chi connectivity index (χ4v) is 3.42. The van der Waals surface area contributed by atoms with E-state index in [0.29, 0.717) is 16.2 Å². The average molecular weight is 355 g/mol. The highest BCUT2D eigenvalue weighted by atomic mass is 32.2. The van der Waals surface area contributed by atoms with E-state index in [2.05, 4.69) is 0 Å². The molecule has 0 bridgehead atoms. The van der Waals surface area contributed by atoms with E-state index in [1.54, 1.807) is 18.2 Å². The first kappa shape index (κ1) is 17.1. The number of ether oxygens (including phenoxy) is 1. The molecule has 3 rings (SSSR count). The van der Waals surface area contributed by atoms with Crippen molar-refractivity contribution < 1.29 is 19.4 Å². The Morgan fingerprint density at radius 2 is 2.00 bits per heavy atom. The molecular formula is C19H17NO4S. The molecule has 128 valence electrons. The van der Waals surface area contributed by atoms with Gasteiger partial charge in [0.15, 0.2) is 11.5 Å². The Balaban J connectivity index is 1.82. The monoisotopic (exact) mass is 355 g/mol. The van der Waals surface area contributed by atoms with Crippen LogP contribution in [0.5, 0.6) is 11.5 Å². The largest absolute Gasteiger partial charge is 0.504 e. The smallest absolute Gasteiger partial charge is 0.293 e. The Morgan fingerprint density at radius 1 is 1.20 bits per heavy atom. The number of thioether (sulfide) groups is 1. The van der Waals surface area contributed by atoms with Crippen LogP contribution < -0.4 is 4.74 Å². The lowest BCUT2D eigenvalue weighted by Crippen LogP contribution is -2.27. The molecule has 1 saturated heterocycles. The first-order valence-electron chi connectivity index (χ1n) is 7.66. The molecule has 25 heavy (non-hydrogen) atoms. The summed E-state index contributed by atoms with van der Waals surface area (Å²) < 4.78 is 5.00. The van der Waals surface area contributed by atoms with Gasteiger partial charge in [-0.15, -0.1) is 0 Å². The molecule has 1 aliphatic heterocycles. The predicted octanol–water partition coefficient (Wildman–Crippen LogP) is 3.95. The highest BCUT2D eigenvalue weighted by molar-refractivity contribution is 8.18. The molecule has 1 aliphatic rings. The molecule has 0 unspecified atom stereocenters. The van der Waals surface area contributed by atoms with Crippen molar-refractivity contribution in [3.8, 4) is 11.5 Å². The van der Waals surface area contributed by atoms with Crippen LogP contribution in [0.25, 0.3) is 6.08 Å². The summed E-state index contributed by atoms with van der Waals surface area (Å²) in [4.78, 5) is 26.3. The van der Waals surface area contributed by atoms with Gasteiger partial charge in [0.1, 0.15) is 0 Å². The Kier molecular flexibility index (Phi) is 4.81. The molecule has 5 nitrogen and oxygen atoms in total. The molecular weight excluding hydrogens is 338 g/mol. The van der Waals surface area contributed by atoms with Crippen LogP contribution in [0.4, 0.5) is 4.79 Å². The molecule has 0 atom stereocenters. The number of methoxy groups -OCH3 is 1. The molecule has 2 aromatic carbocycles. The summed E-state index contributed by atoms with van der Waals surface area (Å²) in [5, 5.41) is 9.54. The zero-order chi connectivity index (χ0) is 18.0. The van der Waals surface area contributed by atoms with Gasteiger partial charge in [0, 0.05) is 0 Å². The molecule has 0 saturated carbocycles. The average Bonchev–Trinajstić information content (AvgIpc) is 2.83. The van der Waals surface area contributed by atoms with Crippen LogP contribution in [0.1, 0.15) is 16.7 Å². The minimum atomic E-state index is -0.327. The highest BCUT2D eigenvalue weighted by Crippen LogP contribution is 2.34. The summed E-state index contributed by atoms with van der Waals surface area (Å²) in [6.07, 6.45) is 1.60. The summed E-state index contributed by atoms with van der Waals surface area (Å²) in [5.41, 5.74) is 2.61. The van der Waals surface area contributed by atoms with Crippen molar-refractivity contribution in [1.82, 2.24) is 4.90 Å². The van der Waals surface area contributed by atoms with Crippen LogP contribution in [0.2, 0.25) is 0 Å². The van der Waals surface area contributed by atoms with Gasteiger partial charge in [-0.1, -0.05) is 35.9 Å². The summed E-state index contributed by atoms with van der Waals surface area (Å²) >= 11 is 0.902. The van der Waals surface area contributed by atoms with Crippen molar-refractivity contribution in [2.24, 2.45) is 0 Å². The third-order valence-electron chi connectivity index (χ3n) is 3.80. The summed E-state index contributed by atoms with van der Waals surface area (Å²) in [5.74, 6) is 0.00625. The van der Waals surface area contributed by atoms with Crippen molar-refractivity contribution in [3.05, 3.63) is 64.1 Å². The van der Waals surface area contributed by atoms with E-state index in [9.17, 15) is 14.7 Å². The number of hydrogen-bond acceptors (Lipinski definition) is 5. The fourth-order valence-electron chi connectivity index (χ4n) is 2.58. The number of aryl methyl sites for hydroxylation is 1. The van der Waals surface area contributed by atoms with E-state index in [0.717, 1.165) is 22.9 Å². The number of phenols is 1. The third kappa shape index (κ3) is 3.69. The van der Waals surface area contributed by atoms with Crippen LogP contribution in [0.3, 0.4) is 0 Å². The lowest BCUT2D eigenvalue weighted by molar-refractivity contribution is -0.123. The fraction of sp³-hybridized carbons (Fsp3) is 0.158. The van der Waals surface area contributed by atoms with E-state index in [-0.39, 0.29) is 23.4 Å². The molecule has 0 radical (unpaired) electrons. The summed E-state index contributed by atoms with van der Waals surface area (Å²) in [7, 11) is 1.46. The van der Waals surface area contributed by atoms with Gasteiger partial charge in [0.05, 0.1) is 18.6 Å². The standard InChI is InChI=1S/C19H17NO4S/c1-12-4-3-5-14(8-12)11-20-18(22)17(25-19(20)23)10-13-6-7-16(24-2)15(21)9-13/h3-10,21H,11H2,1-2H3/b17-10-. The minimum Gasteiger partial charge on any atom is -0.504 e. The Bertz CT molecular complexity index is 875. The zero-order valence-corrected chi connectivity index (χ0v) is 14.7. The number of carbonyl (C=O) groups excluding carboxylic acids is 2. The van der Waals surface area contributed by atoms with Gasteiger partial charge in [-0.2, -0.15) is 0 Å². The van der Waals surface area contributed by atoms with Crippen LogP contribution in [-0.2, 0) is 11.3 Å². The maximum atomic E-state index is 12.5. The van der Waals surface area contributed by atoms with Gasteiger partial charge < -0.3 is 9.84 Å². The van der Waals surface area contributed by atoms with Crippen LogP contribution in [-0.4, -0.2) is 28.3 Å². The number of amides is 2. The normalized spacial score (nSPS) is 15.9. The molecule has 0 aliphatic carbocycles. The molecule has 0 aromatic heterocycles. The third-order valence-corrected chi connectivity index (χ3v) is 4.70. The van der Waals surface area contributed by atoms with Gasteiger partial charge >= 0.3 is 0 Å². The van der Waals surface area contributed by atoms with E-state index in [1.165, 1.54) is 18.1 Å². The SMILES string of the molecule is COc1ccc(/C=C2\SC(=O)N(Cc3cccc(C)c3)C2=O)cc1O. The van der Waals surface area contributed by atoms with Crippen molar-refractivity contribution >= 4 is 29.0 Å². The van der Waals surface area contributed by atoms with Gasteiger partial charge in [-0.05, 0) is 48.0 Å². The number of aromatic hydroxyl groups is 1.